The van der Waals surface area contributed by atoms with Gasteiger partial charge in [0.2, 0.25) is 5.91 Å². The number of rotatable bonds is 6. The molecule has 2 heterocycles. The Morgan fingerprint density at radius 2 is 2.00 bits per heavy atom. The topological polar surface area (TPSA) is 64.7 Å². The van der Waals surface area contributed by atoms with Crippen molar-refractivity contribution in [3.8, 4) is 0 Å². The molecule has 0 aliphatic carbocycles. The highest BCUT2D eigenvalue weighted by atomic mass is 35.5. The van der Waals surface area contributed by atoms with Crippen LogP contribution in [0.25, 0.3) is 0 Å². The number of hydrogen-bond donors (Lipinski definition) is 1. The van der Waals surface area contributed by atoms with Gasteiger partial charge in [0.25, 0.3) is 6.43 Å². The van der Waals surface area contributed by atoms with E-state index in [1.54, 1.807) is 18.3 Å². The Bertz CT molecular complexity index is 1020. The predicted molar refractivity (Wildman–Crippen MR) is 98.3 cm³/mol. The minimum Gasteiger partial charge on any atom is -0.308 e. The molecule has 11 heteroatoms. The third kappa shape index (κ3) is 4.48. The standard InChI is InChI=1S/C17H14Cl2F3N5O/c1-9-15(19)16(17(21)22)25-27(9)8-14(28)23-13-4-5-26(24-13)7-10-2-3-11(20)6-12(10)18/h2-6,17H,7-8H2,1H3,(H,23,24,28). The summed E-state index contributed by atoms with van der Waals surface area (Å²) in [4.78, 5) is 12.2. The van der Waals surface area contributed by atoms with Gasteiger partial charge in [-0.1, -0.05) is 29.3 Å². The van der Waals surface area contributed by atoms with Crippen LogP contribution in [0.2, 0.25) is 10.0 Å². The van der Waals surface area contributed by atoms with Crippen molar-refractivity contribution in [3.63, 3.8) is 0 Å². The second kappa shape index (κ2) is 8.24. The maximum Gasteiger partial charge on any atom is 0.283 e. The van der Waals surface area contributed by atoms with Crippen LogP contribution in [0.15, 0.2) is 30.5 Å². The third-order valence-corrected chi connectivity index (χ3v) is 4.73. The summed E-state index contributed by atoms with van der Waals surface area (Å²) in [5.41, 5.74) is 0.362. The van der Waals surface area contributed by atoms with Gasteiger partial charge in [-0.25, -0.2) is 13.2 Å². The largest absolute Gasteiger partial charge is 0.308 e. The average molecular weight is 432 g/mol. The number of carbonyl (C=O) groups excluding carboxylic acids is 1. The minimum absolute atomic E-state index is 0.164. The summed E-state index contributed by atoms with van der Waals surface area (Å²) in [5, 5.41) is 10.5. The highest BCUT2D eigenvalue weighted by Gasteiger charge is 2.21. The number of hydrogen-bond acceptors (Lipinski definition) is 3. The summed E-state index contributed by atoms with van der Waals surface area (Å²) in [7, 11) is 0. The summed E-state index contributed by atoms with van der Waals surface area (Å²) in [6.45, 7) is 1.48. The molecule has 2 aromatic heterocycles. The van der Waals surface area contributed by atoms with Crippen LogP contribution in [0.1, 0.15) is 23.4 Å². The van der Waals surface area contributed by atoms with E-state index in [0.717, 1.165) is 4.68 Å². The quantitative estimate of drug-likeness (QED) is 0.626. The SMILES string of the molecule is Cc1c(Cl)c(C(F)F)nn1CC(=O)Nc1ccn(Cc2ccc(F)cc2Cl)n1. The molecule has 0 unspecified atom stereocenters. The summed E-state index contributed by atoms with van der Waals surface area (Å²) < 4.78 is 41.4. The van der Waals surface area contributed by atoms with Crippen molar-refractivity contribution in [3.05, 3.63) is 63.3 Å². The Labute approximate surface area is 167 Å². The highest BCUT2D eigenvalue weighted by molar-refractivity contribution is 6.32. The molecule has 148 valence electrons. The first-order valence-electron chi connectivity index (χ1n) is 8.02. The lowest BCUT2D eigenvalue weighted by molar-refractivity contribution is -0.117. The fraction of sp³-hybridized carbons (Fsp3) is 0.235. The van der Waals surface area contributed by atoms with Gasteiger partial charge in [-0.2, -0.15) is 10.2 Å². The number of nitrogens with one attached hydrogen (secondary N) is 1. The van der Waals surface area contributed by atoms with E-state index in [-0.39, 0.29) is 34.6 Å². The predicted octanol–water partition coefficient (Wildman–Crippen LogP) is 4.46. The molecule has 28 heavy (non-hydrogen) atoms. The van der Waals surface area contributed by atoms with E-state index in [0.29, 0.717) is 5.56 Å². The molecule has 0 atom stereocenters. The molecule has 0 radical (unpaired) electrons. The molecule has 3 aromatic rings. The molecule has 0 saturated carbocycles. The Balaban J connectivity index is 1.65. The van der Waals surface area contributed by atoms with E-state index >= 15 is 0 Å². The van der Waals surface area contributed by atoms with Crippen molar-refractivity contribution in [2.45, 2.75) is 26.4 Å². The van der Waals surface area contributed by atoms with Crippen LogP contribution in [0.4, 0.5) is 19.0 Å². The number of alkyl halides is 2. The van der Waals surface area contributed by atoms with E-state index < -0.39 is 23.8 Å². The van der Waals surface area contributed by atoms with Crippen LogP contribution >= 0.6 is 23.2 Å². The maximum atomic E-state index is 13.1. The monoisotopic (exact) mass is 431 g/mol. The number of halogens is 5. The molecule has 1 aromatic carbocycles. The van der Waals surface area contributed by atoms with Crippen molar-refractivity contribution >= 4 is 34.9 Å². The van der Waals surface area contributed by atoms with Gasteiger partial charge in [0.1, 0.15) is 18.1 Å². The third-order valence-electron chi connectivity index (χ3n) is 3.91. The molecule has 0 aliphatic rings. The van der Waals surface area contributed by atoms with E-state index in [1.165, 1.54) is 23.7 Å². The van der Waals surface area contributed by atoms with Gasteiger partial charge >= 0.3 is 0 Å². The lowest BCUT2D eigenvalue weighted by Crippen LogP contribution is -2.20. The molecule has 0 aliphatic heterocycles. The van der Waals surface area contributed by atoms with Crippen LogP contribution in [-0.4, -0.2) is 25.5 Å². The number of amides is 1. The Hall–Kier alpha value is -2.52. The molecule has 1 N–H and O–H groups in total. The molecular weight excluding hydrogens is 418 g/mol. The van der Waals surface area contributed by atoms with Gasteiger partial charge in [-0.05, 0) is 24.6 Å². The number of anilines is 1. The minimum atomic E-state index is -2.83. The zero-order valence-electron chi connectivity index (χ0n) is 14.5. The van der Waals surface area contributed by atoms with Crippen molar-refractivity contribution < 1.29 is 18.0 Å². The first-order chi connectivity index (χ1) is 13.2. The summed E-state index contributed by atoms with van der Waals surface area (Å²) in [6.07, 6.45) is -1.22. The zero-order valence-corrected chi connectivity index (χ0v) is 16.0. The van der Waals surface area contributed by atoms with Crippen LogP contribution in [-0.2, 0) is 17.9 Å². The average Bonchev–Trinajstić information content (AvgIpc) is 3.16. The molecule has 0 spiro atoms. The van der Waals surface area contributed by atoms with E-state index in [4.69, 9.17) is 23.2 Å². The van der Waals surface area contributed by atoms with Crippen LogP contribution in [0, 0.1) is 12.7 Å². The van der Waals surface area contributed by atoms with Gasteiger partial charge in [-0.3, -0.25) is 14.2 Å². The van der Waals surface area contributed by atoms with Crippen LogP contribution < -0.4 is 5.32 Å². The van der Waals surface area contributed by atoms with Crippen molar-refractivity contribution in [1.29, 1.82) is 0 Å². The number of carbonyl (C=O) groups is 1. The molecule has 0 fully saturated rings. The first kappa shape index (κ1) is 20.2. The number of benzene rings is 1. The molecule has 1 amide bonds. The van der Waals surface area contributed by atoms with E-state index in [2.05, 4.69) is 15.5 Å². The Kier molecular flexibility index (Phi) is 5.95. The smallest absolute Gasteiger partial charge is 0.283 e. The highest BCUT2D eigenvalue weighted by Crippen LogP contribution is 2.28. The maximum absolute atomic E-state index is 13.1. The second-order valence-corrected chi connectivity index (χ2v) is 6.71. The first-order valence-corrected chi connectivity index (χ1v) is 8.78. The zero-order chi connectivity index (χ0) is 20.4. The van der Waals surface area contributed by atoms with Crippen LogP contribution in [0.3, 0.4) is 0 Å². The summed E-state index contributed by atoms with van der Waals surface area (Å²) in [5.74, 6) is -0.687. The van der Waals surface area contributed by atoms with E-state index in [9.17, 15) is 18.0 Å². The van der Waals surface area contributed by atoms with Gasteiger partial charge in [0.15, 0.2) is 5.82 Å². The summed E-state index contributed by atoms with van der Waals surface area (Å²) in [6, 6.07) is 5.60. The normalized spacial score (nSPS) is 11.2. The Morgan fingerprint density at radius 1 is 1.25 bits per heavy atom. The fourth-order valence-corrected chi connectivity index (χ4v) is 2.95. The molecule has 6 nitrogen and oxygen atoms in total. The van der Waals surface area contributed by atoms with Gasteiger partial charge < -0.3 is 5.32 Å². The lowest BCUT2D eigenvalue weighted by atomic mass is 10.2. The van der Waals surface area contributed by atoms with Crippen LogP contribution in [0.5, 0.6) is 0 Å². The number of aromatic nitrogens is 4. The number of nitrogens with zero attached hydrogens (tertiary/aromatic N) is 4. The molecule has 0 saturated heterocycles. The van der Waals surface area contributed by atoms with Crippen molar-refractivity contribution in [2.75, 3.05) is 5.32 Å². The molecular formula is C17H14Cl2F3N5O. The Morgan fingerprint density at radius 3 is 2.64 bits per heavy atom. The van der Waals surface area contributed by atoms with Crippen molar-refractivity contribution in [2.24, 2.45) is 0 Å². The fourth-order valence-electron chi connectivity index (χ4n) is 2.50. The van der Waals surface area contributed by atoms with Crippen molar-refractivity contribution in [1.82, 2.24) is 19.6 Å². The second-order valence-electron chi connectivity index (χ2n) is 5.93. The molecule has 0 bridgehead atoms. The van der Waals surface area contributed by atoms with Gasteiger partial charge in [0.05, 0.1) is 17.3 Å². The van der Waals surface area contributed by atoms with Gasteiger partial charge in [-0.15, -0.1) is 0 Å². The summed E-state index contributed by atoms with van der Waals surface area (Å²) >= 11 is 11.8. The van der Waals surface area contributed by atoms with Gasteiger partial charge in [0, 0.05) is 17.3 Å². The lowest BCUT2D eigenvalue weighted by Gasteiger charge is -2.06. The molecule has 3 rings (SSSR count). The van der Waals surface area contributed by atoms with E-state index in [1.807, 2.05) is 0 Å².